The van der Waals surface area contributed by atoms with Gasteiger partial charge in [0.05, 0.1) is 12.6 Å². The number of fused-ring (bicyclic) bond motifs is 1. The van der Waals surface area contributed by atoms with Gasteiger partial charge in [0.1, 0.15) is 11.3 Å². The van der Waals surface area contributed by atoms with Crippen molar-refractivity contribution in [1.82, 2.24) is 9.55 Å². The fourth-order valence-electron chi connectivity index (χ4n) is 3.35. The zero-order valence-electron chi connectivity index (χ0n) is 16.9. The van der Waals surface area contributed by atoms with E-state index in [4.69, 9.17) is 13.9 Å². The van der Waals surface area contributed by atoms with Crippen molar-refractivity contribution < 1.29 is 23.5 Å². The molecule has 0 N–H and O–H groups in total. The Balaban J connectivity index is 1.54. The Kier molecular flexibility index (Phi) is 6.76. The predicted octanol–water partition coefficient (Wildman–Crippen LogP) is 3.97. The van der Waals surface area contributed by atoms with Crippen molar-refractivity contribution in [1.29, 1.82) is 0 Å². The second-order valence-corrected chi connectivity index (χ2v) is 7.71. The number of carbonyl (C=O) groups is 2. The molecule has 3 rings (SSSR count). The van der Waals surface area contributed by atoms with Crippen LogP contribution in [0.1, 0.15) is 34.7 Å². The topological polar surface area (TPSA) is 83.6 Å². The summed E-state index contributed by atoms with van der Waals surface area (Å²) in [4.78, 5) is 28.9. The summed E-state index contributed by atoms with van der Waals surface area (Å²) in [7, 11) is 1.65. The van der Waals surface area contributed by atoms with Crippen molar-refractivity contribution in [3.63, 3.8) is 0 Å². The lowest BCUT2D eigenvalue weighted by Gasteiger charge is -2.17. The van der Waals surface area contributed by atoms with Gasteiger partial charge in [-0.1, -0.05) is 23.9 Å². The van der Waals surface area contributed by atoms with Crippen molar-refractivity contribution in [3.8, 4) is 0 Å². The minimum Gasteiger partial charge on any atom is -0.457 e. The number of ketones is 1. The maximum Gasteiger partial charge on any atom is 0.316 e. The second kappa shape index (κ2) is 9.28. The third-order valence-corrected chi connectivity index (χ3v) is 5.39. The molecule has 0 amide bonds. The van der Waals surface area contributed by atoms with Crippen LogP contribution in [-0.2, 0) is 14.3 Å². The average Bonchev–Trinajstić information content (AvgIpc) is 3.24. The Morgan fingerprint density at radius 3 is 2.76 bits per heavy atom. The first kappa shape index (κ1) is 21.1. The normalized spacial score (nSPS) is 12.3. The molecular formula is C21H24N2O5S. The van der Waals surface area contributed by atoms with E-state index < -0.39 is 5.97 Å². The molecule has 0 bridgehead atoms. The van der Waals surface area contributed by atoms with Gasteiger partial charge in [0.15, 0.2) is 12.2 Å². The zero-order chi connectivity index (χ0) is 21.0. The second-order valence-electron chi connectivity index (χ2n) is 6.78. The first-order valence-electron chi connectivity index (χ1n) is 9.25. The molecule has 0 radical (unpaired) electrons. The molecule has 0 unspecified atom stereocenters. The maximum absolute atomic E-state index is 12.5. The SMILES string of the molecule is COC[C@H](C)n1c(C)cc(C(=O)COC(=O)CSc2nc3ccccc3o2)c1C. The molecule has 0 fully saturated rings. The number of hydrogen-bond acceptors (Lipinski definition) is 7. The quantitative estimate of drug-likeness (QED) is 0.296. The standard InChI is InChI=1S/C21H24N2O5S/c1-13-9-16(15(3)23(13)14(2)10-26-4)18(24)11-27-20(25)12-29-21-22-17-7-5-6-8-19(17)28-21/h5-9,14H,10-12H2,1-4H3/t14-/m0/s1. The van der Waals surface area contributed by atoms with Crippen molar-refractivity contribution >= 4 is 34.6 Å². The van der Waals surface area contributed by atoms with Crippen molar-refractivity contribution in [3.05, 3.63) is 47.3 Å². The van der Waals surface area contributed by atoms with Crippen LogP contribution in [-0.4, -0.2) is 47.4 Å². The van der Waals surface area contributed by atoms with Gasteiger partial charge in [-0.25, -0.2) is 4.98 Å². The number of esters is 1. The number of aryl methyl sites for hydroxylation is 1. The number of methoxy groups -OCH3 is 1. The molecule has 0 saturated heterocycles. The number of thioether (sulfide) groups is 1. The molecule has 0 spiro atoms. The van der Waals surface area contributed by atoms with Gasteiger partial charge in [-0.05, 0) is 39.0 Å². The van der Waals surface area contributed by atoms with E-state index in [1.54, 1.807) is 7.11 Å². The summed E-state index contributed by atoms with van der Waals surface area (Å²) in [6, 6.07) is 9.31. The van der Waals surface area contributed by atoms with E-state index >= 15 is 0 Å². The lowest BCUT2D eigenvalue weighted by atomic mass is 10.1. The van der Waals surface area contributed by atoms with E-state index in [-0.39, 0.29) is 24.2 Å². The fraction of sp³-hybridized carbons (Fsp3) is 0.381. The summed E-state index contributed by atoms with van der Waals surface area (Å²) in [6.45, 7) is 6.11. The van der Waals surface area contributed by atoms with E-state index in [1.807, 2.05) is 51.1 Å². The number of rotatable bonds is 9. The third kappa shape index (κ3) is 4.89. The minimum atomic E-state index is -0.493. The Hall–Kier alpha value is -2.58. The highest BCUT2D eigenvalue weighted by Crippen LogP contribution is 2.24. The van der Waals surface area contributed by atoms with Crippen molar-refractivity contribution in [2.24, 2.45) is 0 Å². The number of Topliss-reactive ketones (excluding diaryl/α,β-unsaturated/α-hetero) is 1. The van der Waals surface area contributed by atoms with E-state index in [0.717, 1.165) is 28.7 Å². The zero-order valence-corrected chi connectivity index (χ0v) is 17.7. The molecule has 0 aliphatic heterocycles. The van der Waals surface area contributed by atoms with E-state index in [0.29, 0.717) is 23.0 Å². The monoisotopic (exact) mass is 416 g/mol. The summed E-state index contributed by atoms with van der Waals surface area (Å²) in [6.07, 6.45) is 0. The molecule has 3 aromatic rings. The van der Waals surface area contributed by atoms with Gasteiger partial charge in [0.25, 0.3) is 5.22 Å². The van der Waals surface area contributed by atoms with E-state index in [2.05, 4.69) is 9.55 Å². The highest BCUT2D eigenvalue weighted by molar-refractivity contribution is 7.99. The molecule has 0 aliphatic carbocycles. The molecule has 154 valence electrons. The minimum absolute atomic E-state index is 0.0179. The molecule has 0 saturated carbocycles. The van der Waals surface area contributed by atoms with Crippen LogP contribution >= 0.6 is 11.8 Å². The highest BCUT2D eigenvalue weighted by atomic mass is 32.2. The Morgan fingerprint density at radius 2 is 2.03 bits per heavy atom. The Bertz CT molecular complexity index is 990. The van der Waals surface area contributed by atoms with Gasteiger partial charge in [-0.15, -0.1) is 0 Å². The fourth-order valence-corrected chi connectivity index (χ4v) is 3.99. The van der Waals surface area contributed by atoms with Crippen LogP contribution in [0, 0.1) is 13.8 Å². The van der Waals surface area contributed by atoms with Crippen LogP contribution in [0.4, 0.5) is 0 Å². The van der Waals surface area contributed by atoms with E-state index in [9.17, 15) is 9.59 Å². The van der Waals surface area contributed by atoms with Crippen LogP contribution in [0.15, 0.2) is 40.0 Å². The van der Waals surface area contributed by atoms with Gasteiger partial charge in [-0.2, -0.15) is 0 Å². The Morgan fingerprint density at radius 1 is 1.28 bits per heavy atom. The predicted molar refractivity (Wildman–Crippen MR) is 111 cm³/mol. The average molecular weight is 416 g/mol. The van der Waals surface area contributed by atoms with Gasteiger partial charge in [0, 0.05) is 24.1 Å². The number of carbonyl (C=O) groups excluding carboxylic acids is 2. The molecule has 0 aliphatic rings. The first-order chi connectivity index (χ1) is 13.9. The summed E-state index contributed by atoms with van der Waals surface area (Å²) < 4.78 is 18.0. The van der Waals surface area contributed by atoms with Gasteiger partial charge >= 0.3 is 5.97 Å². The summed E-state index contributed by atoms with van der Waals surface area (Å²) in [5, 5.41) is 0.394. The van der Waals surface area contributed by atoms with Crippen molar-refractivity contribution in [2.75, 3.05) is 26.1 Å². The molecule has 8 heteroatoms. The van der Waals surface area contributed by atoms with Crippen LogP contribution in [0.25, 0.3) is 11.1 Å². The van der Waals surface area contributed by atoms with Gasteiger partial charge in [-0.3, -0.25) is 9.59 Å². The number of hydrogen-bond donors (Lipinski definition) is 0. The molecule has 7 nitrogen and oxygen atoms in total. The number of ether oxygens (including phenoxy) is 2. The number of aromatic nitrogens is 2. The number of para-hydroxylation sites is 2. The van der Waals surface area contributed by atoms with Gasteiger partial charge < -0.3 is 18.5 Å². The maximum atomic E-state index is 12.5. The highest BCUT2D eigenvalue weighted by Gasteiger charge is 2.20. The first-order valence-corrected chi connectivity index (χ1v) is 10.2. The molecule has 1 aromatic carbocycles. The van der Waals surface area contributed by atoms with Crippen LogP contribution in [0.5, 0.6) is 0 Å². The molecule has 1 atom stereocenters. The molecule has 29 heavy (non-hydrogen) atoms. The lowest BCUT2D eigenvalue weighted by Crippen LogP contribution is -2.17. The van der Waals surface area contributed by atoms with Crippen LogP contribution < -0.4 is 0 Å². The summed E-state index contributed by atoms with van der Waals surface area (Å²) in [5.74, 6) is -0.703. The van der Waals surface area contributed by atoms with Crippen molar-refractivity contribution in [2.45, 2.75) is 32.0 Å². The number of oxazole rings is 1. The summed E-state index contributed by atoms with van der Waals surface area (Å²) >= 11 is 1.14. The van der Waals surface area contributed by atoms with Crippen LogP contribution in [0.3, 0.4) is 0 Å². The van der Waals surface area contributed by atoms with Crippen LogP contribution in [0.2, 0.25) is 0 Å². The number of benzene rings is 1. The van der Waals surface area contributed by atoms with Gasteiger partial charge in [0.2, 0.25) is 5.78 Å². The molecule has 2 aromatic heterocycles. The smallest absolute Gasteiger partial charge is 0.316 e. The summed E-state index contributed by atoms with van der Waals surface area (Å²) in [5.41, 5.74) is 3.76. The Labute approximate surface area is 173 Å². The van der Waals surface area contributed by atoms with E-state index in [1.165, 1.54) is 0 Å². The molecule has 2 heterocycles. The lowest BCUT2D eigenvalue weighted by molar-refractivity contribution is -0.139. The largest absolute Gasteiger partial charge is 0.457 e. The third-order valence-electron chi connectivity index (χ3n) is 4.59. The number of nitrogens with zero attached hydrogens (tertiary/aromatic N) is 2. The molecular weight excluding hydrogens is 392 g/mol.